The number of hydrogen-bond donors (Lipinski definition) is 2. The van der Waals surface area contributed by atoms with Crippen molar-refractivity contribution in [2.45, 2.75) is 13.8 Å². The van der Waals surface area contributed by atoms with E-state index >= 15 is 0 Å². The van der Waals surface area contributed by atoms with Gasteiger partial charge in [-0.25, -0.2) is 9.97 Å². The fourth-order valence-corrected chi connectivity index (χ4v) is 1.96. The van der Waals surface area contributed by atoms with Crippen LogP contribution in [0, 0.1) is 24.0 Å². The number of aromatic nitrogens is 2. The lowest BCUT2D eigenvalue weighted by Gasteiger charge is -2.12. The van der Waals surface area contributed by atoms with E-state index in [1.807, 2.05) is 32.0 Å². The Kier molecular flexibility index (Phi) is 4.67. The number of anilines is 3. The molecule has 1 aromatic carbocycles. The molecule has 0 fully saturated rings. The van der Waals surface area contributed by atoms with Gasteiger partial charge in [-0.2, -0.15) is 0 Å². The maximum absolute atomic E-state index is 11.4. The molecule has 0 amide bonds. The third kappa shape index (κ3) is 3.20. The predicted molar refractivity (Wildman–Crippen MR) is 86.6 cm³/mol. The Hall–Kier alpha value is -2.96. The van der Waals surface area contributed by atoms with E-state index in [4.69, 9.17) is 0 Å². The van der Waals surface area contributed by atoms with Crippen molar-refractivity contribution in [1.82, 2.24) is 9.97 Å². The van der Waals surface area contributed by atoms with Crippen LogP contribution in [0.3, 0.4) is 0 Å². The summed E-state index contributed by atoms with van der Waals surface area (Å²) in [6.07, 6.45) is 2.88. The second kappa shape index (κ2) is 6.66. The van der Waals surface area contributed by atoms with Crippen LogP contribution in [0.25, 0.3) is 0 Å². The van der Waals surface area contributed by atoms with Crippen molar-refractivity contribution < 1.29 is 4.92 Å². The van der Waals surface area contributed by atoms with Gasteiger partial charge >= 0.3 is 5.69 Å². The van der Waals surface area contributed by atoms with Crippen LogP contribution in [0.1, 0.15) is 11.1 Å². The SMILES string of the molecule is C=CCNc1ncnc(Nc2cccc(C)c2C)c1[N+](=O)[O-]. The highest BCUT2D eigenvalue weighted by Crippen LogP contribution is 2.32. The lowest BCUT2D eigenvalue weighted by molar-refractivity contribution is -0.383. The van der Waals surface area contributed by atoms with Crippen LogP contribution in [-0.4, -0.2) is 21.4 Å². The van der Waals surface area contributed by atoms with E-state index in [1.54, 1.807) is 6.08 Å². The van der Waals surface area contributed by atoms with Crippen molar-refractivity contribution in [2.24, 2.45) is 0 Å². The molecule has 1 heterocycles. The lowest BCUT2D eigenvalue weighted by atomic mass is 10.1. The summed E-state index contributed by atoms with van der Waals surface area (Å²) in [5.74, 6) is 0.313. The summed E-state index contributed by atoms with van der Waals surface area (Å²) in [6.45, 7) is 7.87. The van der Waals surface area contributed by atoms with E-state index in [0.717, 1.165) is 16.8 Å². The Morgan fingerprint density at radius 2 is 2.05 bits per heavy atom. The van der Waals surface area contributed by atoms with Crippen molar-refractivity contribution in [3.63, 3.8) is 0 Å². The van der Waals surface area contributed by atoms with Crippen LogP contribution in [0.5, 0.6) is 0 Å². The highest BCUT2D eigenvalue weighted by Gasteiger charge is 2.23. The number of rotatable bonds is 6. The summed E-state index contributed by atoms with van der Waals surface area (Å²) in [5, 5.41) is 17.2. The molecule has 0 aliphatic carbocycles. The molecule has 2 aromatic rings. The molecule has 1 aromatic heterocycles. The molecule has 0 atom stereocenters. The van der Waals surface area contributed by atoms with E-state index < -0.39 is 4.92 Å². The van der Waals surface area contributed by atoms with Gasteiger partial charge < -0.3 is 10.6 Å². The Morgan fingerprint density at radius 1 is 1.32 bits per heavy atom. The predicted octanol–water partition coefficient (Wildman–Crippen LogP) is 3.34. The Balaban J connectivity index is 2.44. The van der Waals surface area contributed by atoms with Gasteiger partial charge in [-0.05, 0) is 31.0 Å². The number of nitrogens with zero attached hydrogens (tertiary/aromatic N) is 3. The van der Waals surface area contributed by atoms with Gasteiger partial charge in [-0.1, -0.05) is 18.2 Å². The summed E-state index contributed by atoms with van der Waals surface area (Å²) in [5.41, 5.74) is 2.68. The van der Waals surface area contributed by atoms with Crippen molar-refractivity contribution in [3.8, 4) is 0 Å². The van der Waals surface area contributed by atoms with Crippen LogP contribution in [0.15, 0.2) is 37.2 Å². The second-order valence-corrected chi connectivity index (χ2v) is 4.72. The molecule has 2 N–H and O–H groups in total. The number of aryl methyl sites for hydroxylation is 1. The molecule has 0 unspecified atom stereocenters. The first-order valence-electron chi connectivity index (χ1n) is 6.72. The van der Waals surface area contributed by atoms with E-state index in [9.17, 15) is 10.1 Å². The molecule has 7 nitrogen and oxygen atoms in total. The summed E-state index contributed by atoms with van der Waals surface area (Å²) < 4.78 is 0. The topological polar surface area (TPSA) is 93.0 Å². The first-order valence-corrected chi connectivity index (χ1v) is 6.72. The van der Waals surface area contributed by atoms with Crippen LogP contribution in [0.2, 0.25) is 0 Å². The van der Waals surface area contributed by atoms with Crippen molar-refractivity contribution in [2.75, 3.05) is 17.2 Å². The standard InChI is InChI=1S/C15H17N5O2/c1-4-8-16-14-13(20(21)22)15(18-9-17-14)19-12-7-5-6-10(2)11(12)3/h4-7,9H,1,8H2,2-3H3,(H2,16,17,18,19). The molecule has 2 rings (SSSR count). The molecule has 22 heavy (non-hydrogen) atoms. The largest absolute Gasteiger partial charge is 0.361 e. The van der Waals surface area contributed by atoms with Gasteiger partial charge in [-0.15, -0.1) is 6.58 Å². The normalized spacial score (nSPS) is 10.1. The van der Waals surface area contributed by atoms with Gasteiger partial charge in [0.05, 0.1) is 4.92 Å². The zero-order valence-corrected chi connectivity index (χ0v) is 12.5. The molecule has 0 aliphatic heterocycles. The molecule has 0 saturated carbocycles. The maximum atomic E-state index is 11.4. The number of hydrogen-bond acceptors (Lipinski definition) is 6. The lowest BCUT2D eigenvalue weighted by Crippen LogP contribution is -2.08. The van der Waals surface area contributed by atoms with Crippen molar-refractivity contribution in [1.29, 1.82) is 0 Å². The van der Waals surface area contributed by atoms with E-state index in [1.165, 1.54) is 6.33 Å². The molecule has 0 saturated heterocycles. The monoisotopic (exact) mass is 299 g/mol. The van der Waals surface area contributed by atoms with Crippen LogP contribution >= 0.6 is 0 Å². The summed E-state index contributed by atoms with van der Waals surface area (Å²) >= 11 is 0. The van der Waals surface area contributed by atoms with Crippen molar-refractivity contribution in [3.05, 3.63) is 58.4 Å². The minimum atomic E-state index is -0.501. The zero-order valence-electron chi connectivity index (χ0n) is 12.5. The van der Waals surface area contributed by atoms with E-state index in [2.05, 4.69) is 27.2 Å². The Labute approximate surface area is 128 Å². The maximum Gasteiger partial charge on any atom is 0.353 e. The number of benzene rings is 1. The molecular formula is C15H17N5O2. The average Bonchev–Trinajstić information content (AvgIpc) is 2.49. The first-order chi connectivity index (χ1) is 10.5. The summed E-state index contributed by atoms with van der Waals surface area (Å²) in [6, 6.07) is 5.71. The van der Waals surface area contributed by atoms with Crippen LogP contribution in [0.4, 0.5) is 23.0 Å². The second-order valence-electron chi connectivity index (χ2n) is 4.72. The van der Waals surface area contributed by atoms with Gasteiger partial charge in [0.25, 0.3) is 0 Å². The fourth-order valence-electron chi connectivity index (χ4n) is 1.96. The van der Waals surface area contributed by atoms with Gasteiger partial charge in [-0.3, -0.25) is 10.1 Å². The quantitative estimate of drug-likeness (QED) is 0.483. The fraction of sp³-hybridized carbons (Fsp3) is 0.200. The molecule has 0 aliphatic rings. The Bertz CT molecular complexity index is 715. The van der Waals surface area contributed by atoms with Crippen LogP contribution < -0.4 is 10.6 Å². The van der Waals surface area contributed by atoms with E-state index in [0.29, 0.717) is 6.54 Å². The average molecular weight is 299 g/mol. The minimum absolute atomic E-state index is 0.153. The Morgan fingerprint density at radius 3 is 2.73 bits per heavy atom. The third-order valence-electron chi connectivity index (χ3n) is 3.28. The molecular weight excluding hydrogens is 282 g/mol. The molecule has 114 valence electrons. The number of nitro groups is 1. The zero-order chi connectivity index (χ0) is 16.1. The molecule has 0 radical (unpaired) electrons. The first kappa shape index (κ1) is 15.4. The van der Waals surface area contributed by atoms with Gasteiger partial charge in [0.15, 0.2) is 0 Å². The summed E-state index contributed by atoms with van der Waals surface area (Å²) in [4.78, 5) is 18.8. The number of nitrogens with one attached hydrogen (secondary N) is 2. The van der Waals surface area contributed by atoms with Crippen molar-refractivity contribution >= 4 is 23.0 Å². The minimum Gasteiger partial charge on any atom is -0.361 e. The highest BCUT2D eigenvalue weighted by atomic mass is 16.6. The molecule has 7 heteroatoms. The molecule has 0 bridgehead atoms. The highest BCUT2D eigenvalue weighted by molar-refractivity contribution is 5.75. The van der Waals surface area contributed by atoms with Gasteiger partial charge in [0.1, 0.15) is 6.33 Å². The van der Waals surface area contributed by atoms with Gasteiger partial charge in [0.2, 0.25) is 11.6 Å². The third-order valence-corrected chi connectivity index (χ3v) is 3.28. The van der Waals surface area contributed by atoms with Crippen LogP contribution in [-0.2, 0) is 0 Å². The van der Waals surface area contributed by atoms with Gasteiger partial charge in [0, 0.05) is 12.2 Å². The van der Waals surface area contributed by atoms with E-state index in [-0.39, 0.29) is 17.3 Å². The smallest absolute Gasteiger partial charge is 0.353 e. The molecule has 0 spiro atoms. The summed E-state index contributed by atoms with van der Waals surface area (Å²) in [7, 11) is 0.